The predicted molar refractivity (Wildman–Crippen MR) is 77.6 cm³/mol. The lowest BCUT2D eigenvalue weighted by Crippen LogP contribution is -2.23. The molecule has 3 rings (SSSR count). The molecule has 1 atom stereocenters. The van der Waals surface area contributed by atoms with E-state index in [1.165, 1.54) is 28.1 Å². The highest BCUT2D eigenvalue weighted by Gasteiger charge is 2.24. The van der Waals surface area contributed by atoms with Crippen LogP contribution in [0.15, 0.2) is 24.3 Å². The van der Waals surface area contributed by atoms with E-state index in [2.05, 4.69) is 29.7 Å². The zero-order chi connectivity index (χ0) is 13.6. The van der Waals surface area contributed by atoms with Crippen LogP contribution in [0.3, 0.4) is 0 Å². The third kappa shape index (κ3) is 1.94. The van der Waals surface area contributed by atoms with Gasteiger partial charge in [-0.15, -0.1) is 0 Å². The highest BCUT2D eigenvalue weighted by molar-refractivity contribution is 5.76. The van der Waals surface area contributed by atoms with Gasteiger partial charge in [-0.05, 0) is 43.2 Å². The fourth-order valence-electron chi connectivity index (χ4n) is 2.99. The van der Waals surface area contributed by atoms with E-state index in [0.29, 0.717) is 0 Å². The van der Waals surface area contributed by atoms with E-state index in [1.807, 2.05) is 13.0 Å². The lowest BCUT2D eigenvalue weighted by Gasteiger charge is -2.14. The Hall–Kier alpha value is -1.74. The molecule has 2 aromatic rings. The van der Waals surface area contributed by atoms with Gasteiger partial charge in [0.15, 0.2) is 0 Å². The number of ether oxygens (including phenoxy) is 1. The molecule has 0 fully saturated rings. The SMILES string of the molecule is COc1ccc2c(c1)-c1c(cc(C)n1C[C@H](C)N)C2. The predicted octanol–water partition coefficient (Wildman–Crippen LogP) is 2.72. The van der Waals surface area contributed by atoms with Crippen LogP contribution < -0.4 is 10.5 Å². The van der Waals surface area contributed by atoms with Gasteiger partial charge in [0.1, 0.15) is 5.75 Å². The summed E-state index contributed by atoms with van der Waals surface area (Å²) in [4.78, 5) is 0. The van der Waals surface area contributed by atoms with Crippen LogP contribution >= 0.6 is 0 Å². The van der Waals surface area contributed by atoms with Crippen molar-refractivity contribution in [2.75, 3.05) is 7.11 Å². The van der Waals surface area contributed by atoms with E-state index < -0.39 is 0 Å². The standard InChI is InChI=1S/C16H20N2O/c1-10(17)9-18-11(2)6-13-7-12-4-5-14(19-3)8-15(12)16(13)18/h4-6,8,10H,7,9,17H2,1-3H3/t10-/m0/s1. The summed E-state index contributed by atoms with van der Waals surface area (Å²) in [5.41, 5.74) is 12.7. The second-order valence-corrected chi connectivity index (χ2v) is 5.45. The molecule has 0 spiro atoms. The monoisotopic (exact) mass is 256 g/mol. The highest BCUT2D eigenvalue weighted by atomic mass is 16.5. The van der Waals surface area contributed by atoms with Crippen molar-refractivity contribution in [1.29, 1.82) is 0 Å². The number of aryl methyl sites for hydroxylation is 1. The minimum Gasteiger partial charge on any atom is -0.497 e. The number of fused-ring (bicyclic) bond motifs is 3. The van der Waals surface area contributed by atoms with Crippen molar-refractivity contribution in [2.45, 2.75) is 32.9 Å². The summed E-state index contributed by atoms with van der Waals surface area (Å²) in [7, 11) is 1.71. The van der Waals surface area contributed by atoms with Crippen LogP contribution in [-0.2, 0) is 13.0 Å². The Morgan fingerprint density at radius 2 is 2.11 bits per heavy atom. The average molecular weight is 256 g/mol. The number of aromatic nitrogens is 1. The fourth-order valence-corrected chi connectivity index (χ4v) is 2.99. The first-order valence-corrected chi connectivity index (χ1v) is 6.72. The van der Waals surface area contributed by atoms with Crippen molar-refractivity contribution in [3.05, 3.63) is 41.1 Å². The summed E-state index contributed by atoms with van der Waals surface area (Å²) in [6.07, 6.45) is 1.02. The molecular weight excluding hydrogens is 236 g/mol. The number of hydrogen-bond acceptors (Lipinski definition) is 2. The molecule has 100 valence electrons. The van der Waals surface area contributed by atoms with Crippen molar-refractivity contribution in [1.82, 2.24) is 4.57 Å². The first kappa shape index (κ1) is 12.3. The van der Waals surface area contributed by atoms with Crippen LogP contribution in [0.5, 0.6) is 5.75 Å². The normalized spacial score (nSPS) is 14.1. The second kappa shape index (κ2) is 4.42. The van der Waals surface area contributed by atoms with Crippen LogP contribution in [0.25, 0.3) is 11.3 Å². The van der Waals surface area contributed by atoms with Crippen molar-refractivity contribution in [2.24, 2.45) is 5.73 Å². The van der Waals surface area contributed by atoms with Crippen LogP contribution in [0.2, 0.25) is 0 Å². The Kier molecular flexibility index (Phi) is 2.86. The van der Waals surface area contributed by atoms with E-state index in [1.54, 1.807) is 7.11 Å². The third-order valence-corrected chi connectivity index (χ3v) is 3.81. The van der Waals surface area contributed by atoms with Gasteiger partial charge >= 0.3 is 0 Å². The minimum atomic E-state index is 0.157. The molecule has 2 N–H and O–H groups in total. The highest BCUT2D eigenvalue weighted by Crippen LogP contribution is 2.40. The molecule has 1 aliphatic rings. The van der Waals surface area contributed by atoms with Gasteiger partial charge in [-0.25, -0.2) is 0 Å². The molecule has 1 aromatic carbocycles. The van der Waals surface area contributed by atoms with Crippen molar-refractivity contribution >= 4 is 0 Å². The molecule has 0 saturated carbocycles. The Labute approximate surface area is 114 Å². The van der Waals surface area contributed by atoms with Gasteiger partial charge in [-0.2, -0.15) is 0 Å². The molecule has 1 aromatic heterocycles. The summed E-state index contributed by atoms with van der Waals surface area (Å²) in [6.45, 7) is 5.06. The molecule has 19 heavy (non-hydrogen) atoms. The van der Waals surface area contributed by atoms with E-state index in [0.717, 1.165) is 18.7 Å². The summed E-state index contributed by atoms with van der Waals surface area (Å²) >= 11 is 0. The smallest absolute Gasteiger partial charge is 0.119 e. The van der Waals surface area contributed by atoms with Gasteiger partial charge in [0.25, 0.3) is 0 Å². The molecule has 0 aliphatic heterocycles. The number of benzene rings is 1. The van der Waals surface area contributed by atoms with Crippen molar-refractivity contribution in [3.63, 3.8) is 0 Å². The molecule has 0 radical (unpaired) electrons. The van der Waals surface area contributed by atoms with Crippen LogP contribution in [0.4, 0.5) is 0 Å². The Bertz CT molecular complexity index is 626. The molecule has 3 nitrogen and oxygen atoms in total. The summed E-state index contributed by atoms with van der Waals surface area (Å²) in [6, 6.07) is 8.78. The zero-order valence-electron chi connectivity index (χ0n) is 11.7. The summed E-state index contributed by atoms with van der Waals surface area (Å²) in [5.74, 6) is 0.915. The van der Waals surface area contributed by atoms with E-state index >= 15 is 0 Å². The Morgan fingerprint density at radius 3 is 2.79 bits per heavy atom. The number of nitrogens with zero attached hydrogens (tertiary/aromatic N) is 1. The van der Waals surface area contributed by atoms with E-state index in [9.17, 15) is 0 Å². The van der Waals surface area contributed by atoms with Gasteiger partial charge in [-0.1, -0.05) is 6.07 Å². The molecule has 1 heterocycles. The van der Waals surface area contributed by atoms with Gasteiger partial charge in [0.2, 0.25) is 0 Å². The molecule has 0 unspecified atom stereocenters. The van der Waals surface area contributed by atoms with Gasteiger partial charge in [-0.3, -0.25) is 0 Å². The zero-order valence-corrected chi connectivity index (χ0v) is 11.7. The lowest BCUT2D eigenvalue weighted by molar-refractivity contribution is 0.415. The number of nitrogens with two attached hydrogens (primary N) is 1. The molecular formula is C16H20N2O. The summed E-state index contributed by atoms with van der Waals surface area (Å²) < 4.78 is 7.69. The Balaban J connectivity index is 2.14. The maximum absolute atomic E-state index is 5.98. The van der Waals surface area contributed by atoms with Crippen LogP contribution in [0, 0.1) is 6.92 Å². The maximum Gasteiger partial charge on any atom is 0.119 e. The quantitative estimate of drug-likeness (QED) is 0.782. The van der Waals surface area contributed by atoms with E-state index in [4.69, 9.17) is 10.5 Å². The van der Waals surface area contributed by atoms with Gasteiger partial charge in [0, 0.05) is 30.3 Å². The van der Waals surface area contributed by atoms with Crippen LogP contribution in [-0.4, -0.2) is 17.7 Å². The Morgan fingerprint density at radius 1 is 1.32 bits per heavy atom. The molecule has 3 heteroatoms. The third-order valence-electron chi connectivity index (χ3n) is 3.81. The minimum absolute atomic E-state index is 0.157. The van der Waals surface area contributed by atoms with Crippen molar-refractivity contribution in [3.8, 4) is 17.0 Å². The average Bonchev–Trinajstić information content (AvgIpc) is 2.85. The van der Waals surface area contributed by atoms with Crippen LogP contribution in [0.1, 0.15) is 23.7 Å². The summed E-state index contributed by atoms with van der Waals surface area (Å²) in [5, 5.41) is 0. The van der Waals surface area contributed by atoms with Gasteiger partial charge < -0.3 is 15.0 Å². The maximum atomic E-state index is 5.98. The van der Waals surface area contributed by atoms with Crippen molar-refractivity contribution < 1.29 is 4.74 Å². The first-order valence-electron chi connectivity index (χ1n) is 6.72. The number of hydrogen-bond donors (Lipinski definition) is 1. The molecule has 1 aliphatic carbocycles. The largest absolute Gasteiger partial charge is 0.497 e. The number of methoxy groups -OCH3 is 1. The second-order valence-electron chi connectivity index (χ2n) is 5.45. The number of rotatable bonds is 3. The first-order chi connectivity index (χ1) is 9.10. The lowest BCUT2D eigenvalue weighted by atomic mass is 10.1. The molecule has 0 saturated heterocycles. The van der Waals surface area contributed by atoms with Gasteiger partial charge in [0.05, 0.1) is 12.8 Å². The fraction of sp³-hybridized carbons (Fsp3) is 0.375. The molecule has 0 bridgehead atoms. The van der Waals surface area contributed by atoms with E-state index in [-0.39, 0.29) is 6.04 Å². The topological polar surface area (TPSA) is 40.2 Å². The molecule has 0 amide bonds.